The molecule has 1 aromatic rings. The lowest BCUT2D eigenvalue weighted by Gasteiger charge is -2.36. The number of rotatable bonds is 5. The van der Waals surface area contributed by atoms with E-state index in [1.165, 1.54) is 18.4 Å². The molecule has 1 aromatic carbocycles. The van der Waals surface area contributed by atoms with Crippen LogP contribution in [0.1, 0.15) is 38.2 Å². The molecule has 1 saturated heterocycles. The van der Waals surface area contributed by atoms with Crippen LogP contribution in [0.5, 0.6) is 0 Å². The van der Waals surface area contributed by atoms with E-state index in [1.54, 1.807) is 0 Å². The van der Waals surface area contributed by atoms with E-state index >= 15 is 0 Å². The quantitative estimate of drug-likeness (QED) is 0.906. The van der Waals surface area contributed by atoms with Crippen LogP contribution in [0, 0.1) is 5.92 Å². The van der Waals surface area contributed by atoms with E-state index in [9.17, 15) is 4.79 Å². The van der Waals surface area contributed by atoms with E-state index < -0.39 is 0 Å². The Labute approximate surface area is 126 Å². The van der Waals surface area contributed by atoms with Crippen LogP contribution < -0.4 is 5.73 Å². The highest BCUT2D eigenvalue weighted by atomic mass is 35.5. The Morgan fingerprint density at radius 1 is 1.40 bits per heavy atom. The second kappa shape index (κ2) is 7.09. The summed E-state index contributed by atoms with van der Waals surface area (Å²) in [6.07, 6.45) is 4.50. The summed E-state index contributed by atoms with van der Waals surface area (Å²) in [5, 5.41) is 0.770. The predicted molar refractivity (Wildman–Crippen MR) is 82.5 cm³/mol. The molecule has 0 aliphatic carbocycles. The maximum Gasteiger partial charge on any atom is 0.220 e. The lowest BCUT2D eigenvalue weighted by molar-refractivity contribution is -0.122. The largest absolute Gasteiger partial charge is 0.369 e. The molecule has 0 spiro atoms. The number of hydrogen-bond donors (Lipinski definition) is 1. The summed E-state index contributed by atoms with van der Waals surface area (Å²) in [5.74, 6) is -0.243. The van der Waals surface area contributed by atoms with Crippen LogP contribution in [0.3, 0.4) is 0 Å². The van der Waals surface area contributed by atoms with Gasteiger partial charge in [-0.05, 0) is 43.5 Å². The van der Waals surface area contributed by atoms with Crippen molar-refractivity contribution >= 4 is 17.5 Å². The van der Waals surface area contributed by atoms with Crippen molar-refractivity contribution in [3.05, 3.63) is 34.9 Å². The zero-order chi connectivity index (χ0) is 14.5. The number of benzene rings is 1. The Hall–Kier alpha value is -1.06. The number of nitrogens with zero attached hydrogens (tertiary/aromatic N) is 1. The number of likely N-dealkylation sites (tertiary alicyclic amines) is 1. The fourth-order valence-corrected chi connectivity index (χ4v) is 3.01. The van der Waals surface area contributed by atoms with Gasteiger partial charge in [0.25, 0.3) is 0 Å². The van der Waals surface area contributed by atoms with E-state index in [0.717, 1.165) is 31.0 Å². The van der Waals surface area contributed by atoms with E-state index in [4.69, 9.17) is 17.3 Å². The van der Waals surface area contributed by atoms with Crippen molar-refractivity contribution in [1.29, 1.82) is 0 Å². The molecule has 0 aromatic heterocycles. The summed E-state index contributed by atoms with van der Waals surface area (Å²) < 4.78 is 0. The van der Waals surface area contributed by atoms with Crippen LogP contribution in [0.15, 0.2) is 24.3 Å². The molecule has 2 unspecified atom stereocenters. The Balaban J connectivity index is 1.99. The second-order valence-corrected chi connectivity index (χ2v) is 6.22. The van der Waals surface area contributed by atoms with Crippen LogP contribution in [0.25, 0.3) is 0 Å². The van der Waals surface area contributed by atoms with Gasteiger partial charge in [0.2, 0.25) is 5.91 Å². The fraction of sp³-hybridized carbons (Fsp3) is 0.562. The van der Waals surface area contributed by atoms with Crippen molar-refractivity contribution < 1.29 is 4.79 Å². The van der Waals surface area contributed by atoms with E-state index in [1.807, 2.05) is 19.1 Å². The third kappa shape index (κ3) is 4.22. The number of piperidine rings is 1. The van der Waals surface area contributed by atoms with Crippen molar-refractivity contribution in [2.45, 2.75) is 45.2 Å². The number of carbonyl (C=O) groups is 1. The van der Waals surface area contributed by atoms with Crippen LogP contribution in [0.4, 0.5) is 0 Å². The van der Waals surface area contributed by atoms with Crippen molar-refractivity contribution in [3.63, 3.8) is 0 Å². The average Bonchev–Trinajstić information content (AvgIpc) is 2.43. The highest BCUT2D eigenvalue weighted by Crippen LogP contribution is 2.25. The fourth-order valence-electron chi connectivity index (χ4n) is 2.88. The Morgan fingerprint density at radius 2 is 2.10 bits per heavy atom. The number of carbonyl (C=O) groups excluding carboxylic acids is 1. The predicted octanol–water partition coefficient (Wildman–Crippen LogP) is 3.21. The molecule has 2 N–H and O–H groups in total. The molecule has 3 nitrogen and oxygen atoms in total. The first-order chi connectivity index (χ1) is 9.56. The van der Waals surface area contributed by atoms with Gasteiger partial charge in [0.15, 0.2) is 0 Å². The van der Waals surface area contributed by atoms with Crippen molar-refractivity contribution in [2.75, 3.05) is 6.54 Å². The lowest BCUT2D eigenvalue weighted by Crippen LogP contribution is -2.41. The molecular weight excluding hydrogens is 272 g/mol. The van der Waals surface area contributed by atoms with Gasteiger partial charge in [-0.25, -0.2) is 0 Å². The smallest absolute Gasteiger partial charge is 0.220 e. The summed E-state index contributed by atoms with van der Waals surface area (Å²) >= 11 is 5.92. The Bertz CT molecular complexity index is 446. The standard InChI is InChI=1S/C16H23ClN2O/c1-12(16(18)20)10-15-4-2-3-9-19(15)11-13-5-7-14(17)8-6-13/h5-8,12,15H,2-4,9-11H2,1H3,(H2,18,20). The minimum absolute atomic E-state index is 0.0502. The minimum Gasteiger partial charge on any atom is -0.369 e. The Morgan fingerprint density at radius 3 is 2.75 bits per heavy atom. The van der Waals surface area contributed by atoms with Gasteiger partial charge in [0, 0.05) is 23.5 Å². The van der Waals surface area contributed by atoms with Gasteiger partial charge in [-0.3, -0.25) is 9.69 Å². The summed E-state index contributed by atoms with van der Waals surface area (Å²) in [7, 11) is 0. The molecule has 1 fully saturated rings. The molecule has 20 heavy (non-hydrogen) atoms. The number of hydrogen-bond acceptors (Lipinski definition) is 2. The van der Waals surface area contributed by atoms with Gasteiger partial charge in [0.1, 0.15) is 0 Å². The summed E-state index contributed by atoms with van der Waals surface area (Å²) in [6, 6.07) is 8.47. The zero-order valence-corrected chi connectivity index (χ0v) is 12.8. The molecule has 0 saturated carbocycles. The average molecular weight is 295 g/mol. The molecule has 0 radical (unpaired) electrons. The van der Waals surface area contributed by atoms with Gasteiger partial charge in [-0.15, -0.1) is 0 Å². The second-order valence-electron chi connectivity index (χ2n) is 5.79. The van der Waals surface area contributed by atoms with Crippen molar-refractivity contribution in [1.82, 2.24) is 4.90 Å². The third-order valence-electron chi connectivity index (χ3n) is 4.16. The van der Waals surface area contributed by atoms with Gasteiger partial charge < -0.3 is 5.73 Å². The SMILES string of the molecule is CC(CC1CCCCN1Cc1ccc(Cl)cc1)C(N)=O. The number of nitrogens with two attached hydrogens (primary N) is 1. The Kier molecular flexibility index (Phi) is 5.44. The summed E-state index contributed by atoms with van der Waals surface area (Å²) in [5.41, 5.74) is 6.67. The molecule has 2 rings (SSSR count). The van der Waals surface area contributed by atoms with Crippen LogP contribution in [-0.4, -0.2) is 23.4 Å². The molecule has 0 bridgehead atoms. The first kappa shape index (κ1) is 15.3. The van der Waals surface area contributed by atoms with Gasteiger partial charge in [-0.2, -0.15) is 0 Å². The van der Waals surface area contributed by atoms with E-state index in [-0.39, 0.29) is 11.8 Å². The van der Waals surface area contributed by atoms with Gasteiger partial charge >= 0.3 is 0 Å². The van der Waals surface area contributed by atoms with Gasteiger partial charge in [-0.1, -0.05) is 37.1 Å². The molecule has 2 atom stereocenters. The number of amides is 1. The zero-order valence-electron chi connectivity index (χ0n) is 12.0. The normalized spacial score (nSPS) is 21.6. The molecule has 1 heterocycles. The van der Waals surface area contributed by atoms with E-state index in [0.29, 0.717) is 6.04 Å². The highest BCUT2D eigenvalue weighted by Gasteiger charge is 2.25. The van der Waals surface area contributed by atoms with Crippen molar-refractivity contribution in [2.24, 2.45) is 11.7 Å². The van der Waals surface area contributed by atoms with Crippen LogP contribution in [0.2, 0.25) is 5.02 Å². The first-order valence-electron chi connectivity index (χ1n) is 7.34. The minimum atomic E-state index is -0.193. The number of halogens is 1. The molecule has 1 aliphatic rings. The maximum absolute atomic E-state index is 11.3. The topological polar surface area (TPSA) is 46.3 Å². The summed E-state index contributed by atoms with van der Waals surface area (Å²) in [6.45, 7) is 3.95. The molecule has 4 heteroatoms. The molecule has 110 valence electrons. The first-order valence-corrected chi connectivity index (χ1v) is 7.72. The van der Waals surface area contributed by atoms with Crippen LogP contribution >= 0.6 is 11.6 Å². The summed E-state index contributed by atoms with van der Waals surface area (Å²) in [4.78, 5) is 13.7. The molecule has 1 aliphatic heterocycles. The lowest BCUT2D eigenvalue weighted by atomic mass is 9.92. The van der Waals surface area contributed by atoms with Gasteiger partial charge in [0.05, 0.1) is 0 Å². The highest BCUT2D eigenvalue weighted by molar-refractivity contribution is 6.30. The third-order valence-corrected chi connectivity index (χ3v) is 4.41. The van der Waals surface area contributed by atoms with Crippen molar-refractivity contribution in [3.8, 4) is 0 Å². The maximum atomic E-state index is 11.3. The number of primary amides is 1. The van der Waals surface area contributed by atoms with Crippen LogP contribution in [-0.2, 0) is 11.3 Å². The molecule has 1 amide bonds. The molecular formula is C16H23ClN2O. The van der Waals surface area contributed by atoms with E-state index in [2.05, 4.69) is 17.0 Å². The monoisotopic (exact) mass is 294 g/mol.